The minimum Gasteiger partial charge on any atom is -0.351 e. The molecule has 0 aromatic carbocycles. The van der Waals surface area contributed by atoms with E-state index in [1.54, 1.807) is 4.90 Å². The summed E-state index contributed by atoms with van der Waals surface area (Å²) in [6.07, 6.45) is 1.25. The number of hydrogen-bond donors (Lipinski definition) is 2. The molecule has 4 nitrogen and oxygen atoms in total. The van der Waals surface area contributed by atoms with Crippen molar-refractivity contribution < 1.29 is 4.79 Å². The fourth-order valence-corrected chi connectivity index (χ4v) is 0.885. The Balaban J connectivity index is 0. The Labute approximate surface area is 97.2 Å². The number of piperazine rings is 1. The van der Waals surface area contributed by atoms with Crippen LogP contribution in [0.2, 0.25) is 0 Å². The van der Waals surface area contributed by atoms with Crippen LogP contribution in [0.25, 0.3) is 0 Å². The van der Waals surface area contributed by atoms with Gasteiger partial charge in [-0.2, -0.15) is 0 Å². The van der Waals surface area contributed by atoms with Crippen LogP contribution in [0.15, 0.2) is 0 Å². The largest absolute Gasteiger partial charge is 0.351 e. The average molecular weight is 301 g/mol. The topological polar surface area (TPSA) is 58.4 Å². The third kappa shape index (κ3) is 8.29. The third-order valence-electron chi connectivity index (χ3n) is 1.43. The highest BCUT2D eigenvalue weighted by Gasteiger charge is 2.11. The summed E-state index contributed by atoms with van der Waals surface area (Å²) in [6.45, 7) is 7.47. The summed E-state index contributed by atoms with van der Waals surface area (Å²) in [4.78, 5) is 12.1. The van der Waals surface area contributed by atoms with Crippen molar-refractivity contribution in [2.24, 2.45) is 5.73 Å². The Kier molecular flexibility index (Phi) is 11.9. The van der Waals surface area contributed by atoms with Gasteiger partial charge >= 0.3 is 6.03 Å². The molecule has 0 atom stereocenters. The number of nitrogens with two attached hydrogens (primary N) is 1. The van der Waals surface area contributed by atoms with Crippen LogP contribution in [-0.2, 0) is 0 Å². The van der Waals surface area contributed by atoms with Gasteiger partial charge in [0.15, 0.2) is 0 Å². The molecule has 0 radical (unpaired) electrons. The highest BCUT2D eigenvalue weighted by atomic mass is 127. The predicted octanol–water partition coefficient (Wildman–Crippen LogP) is 1.00. The number of urea groups is 1. The van der Waals surface area contributed by atoms with E-state index in [1.165, 1.54) is 6.42 Å². The Bertz CT molecular complexity index is 127. The lowest BCUT2D eigenvalue weighted by Gasteiger charge is -2.25. The van der Waals surface area contributed by atoms with Crippen LogP contribution in [0.4, 0.5) is 4.79 Å². The van der Waals surface area contributed by atoms with E-state index in [4.69, 9.17) is 5.73 Å². The molecule has 0 aromatic heterocycles. The fraction of sp³-hybridized carbons (Fsp3) is 0.875. The number of nitrogens with zero attached hydrogens (tertiary/aromatic N) is 1. The minimum atomic E-state index is -0.309. The maximum Gasteiger partial charge on any atom is 0.314 e. The summed E-state index contributed by atoms with van der Waals surface area (Å²) < 4.78 is 0. The standard InChI is InChI=1S/C5H11N3O.C3H8.HI/c6-5(9)8-3-1-7-2-4-8;1-3-2;/h7H,1-4H2,(H2,6,9);3H2,1-2H3;1H. The summed E-state index contributed by atoms with van der Waals surface area (Å²) >= 11 is 0. The van der Waals surface area contributed by atoms with E-state index in [9.17, 15) is 4.79 Å². The molecule has 0 aromatic rings. The van der Waals surface area contributed by atoms with Crippen LogP contribution in [0.3, 0.4) is 0 Å². The van der Waals surface area contributed by atoms with E-state index < -0.39 is 0 Å². The van der Waals surface area contributed by atoms with Crippen molar-refractivity contribution in [2.75, 3.05) is 26.2 Å². The van der Waals surface area contributed by atoms with Gasteiger partial charge < -0.3 is 16.0 Å². The number of halogens is 1. The van der Waals surface area contributed by atoms with Gasteiger partial charge in [0.05, 0.1) is 0 Å². The molecule has 1 fully saturated rings. The first-order chi connectivity index (χ1) is 5.72. The zero-order valence-corrected chi connectivity index (χ0v) is 10.7. The van der Waals surface area contributed by atoms with Crippen LogP contribution in [0, 0.1) is 0 Å². The maximum absolute atomic E-state index is 10.5. The van der Waals surface area contributed by atoms with Crippen LogP contribution in [0.5, 0.6) is 0 Å². The van der Waals surface area contributed by atoms with Crippen LogP contribution >= 0.6 is 24.0 Å². The molecule has 1 aliphatic heterocycles. The quantitative estimate of drug-likeness (QED) is 0.656. The second kappa shape index (κ2) is 10.0. The van der Waals surface area contributed by atoms with Crippen molar-refractivity contribution in [2.45, 2.75) is 20.3 Å². The molecule has 1 rings (SSSR count). The Morgan fingerprint density at radius 2 is 1.77 bits per heavy atom. The number of hydrogen-bond acceptors (Lipinski definition) is 2. The molecule has 5 heteroatoms. The number of primary amides is 1. The van der Waals surface area contributed by atoms with Gasteiger partial charge in [-0.15, -0.1) is 24.0 Å². The van der Waals surface area contributed by atoms with Gasteiger partial charge in [-0.1, -0.05) is 20.3 Å². The molecule has 3 N–H and O–H groups in total. The zero-order valence-electron chi connectivity index (χ0n) is 8.38. The molecule has 0 saturated carbocycles. The first-order valence-electron chi connectivity index (χ1n) is 4.47. The van der Waals surface area contributed by atoms with Crippen LogP contribution < -0.4 is 11.1 Å². The second-order valence-electron chi connectivity index (χ2n) is 2.78. The van der Waals surface area contributed by atoms with Gasteiger partial charge in [0, 0.05) is 26.2 Å². The molecular weight excluding hydrogens is 281 g/mol. The van der Waals surface area contributed by atoms with Crippen LogP contribution in [-0.4, -0.2) is 37.1 Å². The Morgan fingerprint density at radius 3 is 2.00 bits per heavy atom. The van der Waals surface area contributed by atoms with Crippen molar-refractivity contribution in [3.63, 3.8) is 0 Å². The SMILES string of the molecule is CCC.I.NC(=O)N1CCNCC1. The molecule has 1 saturated heterocycles. The number of carbonyl (C=O) groups is 1. The molecule has 1 aliphatic rings. The molecule has 0 bridgehead atoms. The monoisotopic (exact) mass is 301 g/mol. The highest BCUT2D eigenvalue weighted by molar-refractivity contribution is 14.0. The van der Waals surface area contributed by atoms with Gasteiger partial charge in [0.1, 0.15) is 0 Å². The predicted molar refractivity (Wildman–Crippen MR) is 65.4 cm³/mol. The van der Waals surface area contributed by atoms with Crippen molar-refractivity contribution in [3.8, 4) is 0 Å². The summed E-state index contributed by atoms with van der Waals surface area (Å²) in [6, 6.07) is -0.309. The van der Waals surface area contributed by atoms with Gasteiger partial charge in [-0.3, -0.25) is 0 Å². The summed E-state index contributed by atoms with van der Waals surface area (Å²) in [5, 5.41) is 3.12. The van der Waals surface area contributed by atoms with E-state index >= 15 is 0 Å². The highest BCUT2D eigenvalue weighted by Crippen LogP contribution is 1.89. The van der Waals surface area contributed by atoms with Gasteiger partial charge in [-0.25, -0.2) is 4.79 Å². The number of amides is 2. The molecule has 80 valence electrons. The number of carbonyl (C=O) groups excluding carboxylic acids is 1. The Hall–Kier alpha value is -0.0400. The fourth-order valence-electron chi connectivity index (χ4n) is 0.885. The Morgan fingerprint density at radius 1 is 1.38 bits per heavy atom. The molecule has 1 heterocycles. The number of nitrogens with one attached hydrogen (secondary N) is 1. The minimum absolute atomic E-state index is 0. The summed E-state index contributed by atoms with van der Waals surface area (Å²) in [5.74, 6) is 0. The van der Waals surface area contributed by atoms with E-state index in [-0.39, 0.29) is 30.0 Å². The van der Waals surface area contributed by atoms with Gasteiger partial charge in [-0.05, 0) is 0 Å². The lowest BCUT2D eigenvalue weighted by Crippen LogP contribution is -2.48. The van der Waals surface area contributed by atoms with Crippen molar-refractivity contribution in [3.05, 3.63) is 0 Å². The van der Waals surface area contributed by atoms with Gasteiger partial charge in [0.2, 0.25) is 0 Å². The van der Waals surface area contributed by atoms with E-state index in [0.717, 1.165) is 26.2 Å². The average Bonchev–Trinajstić information content (AvgIpc) is 2.07. The van der Waals surface area contributed by atoms with Crippen molar-refractivity contribution in [1.82, 2.24) is 10.2 Å². The third-order valence-corrected chi connectivity index (χ3v) is 1.43. The normalized spacial score (nSPS) is 15.1. The van der Waals surface area contributed by atoms with Gasteiger partial charge in [0.25, 0.3) is 0 Å². The molecule has 0 unspecified atom stereocenters. The second-order valence-corrected chi connectivity index (χ2v) is 2.78. The lowest BCUT2D eigenvalue weighted by atomic mass is 10.4. The van der Waals surface area contributed by atoms with E-state index in [0.29, 0.717) is 0 Å². The molecule has 13 heavy (non-hydrogen) atoms. The maximum atomic E-state index is 10.5. The molecular formula is C8H20IN3O. The first kappa shape index (κ1) is 15.4. The zero-order chi connectivity index (χ0) is 9.40. The van der Waals surface area contributed by atoms with Crippen molar-refractivity contribution in [1.29, 1.82) is 0 Å². The molecule has 2 amide bonds. The van der Waals surface area contributed by atoms with E-state index in [2.05, 4.69) is 19.2 Å². The number of rotatable bonds is 0. The van der Waals surface area contributed by atoms with Crippen molar-refractivity contribution >= 4 is 30.0 Å². The molecule has 0 spiro atoms. The lowest BCUT2D eigenvalue weighted by molar-refractivity contribution is 0.200. The summed E-state index contributed by atoms with van der Waals surface area (Å²) in [7, 11) is 0. The molecule has 0 aliphatic carbocycles. The van der Waals surface area contributed by atoms with Crippen LogP contribution in [0.1, 0.15) is 20.3 Å². The van der Waals surface area contributed by atoms with E-state index in [1.807, 2.05) is 0 Å². The first-order valence-corrected chi connectivity index (χ1v) is 4.47. The smallest absolute Gasteiger partial charge is 0.314 e. The summed E-state index contributed by atoms with van der Waals surface area (Å²) in [5.41, 5.74) is 5.03.